The predicted octanol–water partition coefficient (Wildman–Crippen LogP) is 6.27. The summed E-state index contributed by atoms with van der Waals surface area (Å²) >= 11 is 7.46. The molecule has 1 fully saturated rings. The van der Waals surface area contributed by atoms with Gasteiger partial charge in [-0.25, -0.2) is 14.8 Å². The third-order valence-electron chi connectivity index (χ3n) is 6.20. The average molecular weight is 576 g/mol. The molecule has 0 amide bonds. The van der Waals surface area contributed by atoms with Gasteiger partial charge in [-0.15, -0.1) is 11.3 Å². The van der Waals surface area contributed by atoms with Gasteiger partial charge in [0, 0.05) is 23.0 Å². The van der Waals surface area contributed by atoms with E-state index in [1.54, 1.807) is 10.9 Å². The Hall–Kier alpha value is -3.90. The molecule has 0 bridgehead atoms. The lowest BCUT2D eigenvalue weighted by Crippen LogP contribution is -2.30. The molecule has 3 aromatic heterocycles. The molecule has 2 N–H and O–H groups in total. The minimum Gasteiger partial charge on any atom is -0.475 e. The molecule has 13 heteroatoms. The zero-order chi connectivity index (χ0) is 27.7. The number of H-pyrrole nitrogens is 1. The highest BCUT2D eigenvalue weighted by Gasteiger charge is 2.38. The maximum atomic E-state index is 13.3. The molecule has 2 aromatic carbocycles. The Morgan fingerprint density at radius 3 is 2.38 bits per heavy atom. The van der Waals surface area contributed by atoms with Crippen LogP contribution >= 0.6 is 22.9 Å². The second-order valence-electron chi connectivity index (χ2n) is 8.86. The predicted molar refractivity (Wildman–Crippen MR) is 145 cm³/mol. The number of benzene rings is 2. The van der Waals surface area contributed by atoms with E-state index in [2.05, 4.69) is 14.9 Å². The van der Waals surface area contributed by atoms with Crippen LogP contribution in [-0.4, -0.2) is 49.9 Å². The van der Waals surface area contributed by atoms with Crippen LogP contribution < -0.4 is 10.5 Å². The van der Waals surface area contributed by atoms with E-state index in [-0.39, 0.29) is 5.56 Å². The molecule has 5 aromatic rings. The van der Waals surface area contributed by atoms with Crippen LogP contribution in [0.5, 0.6) is 0 Å². The summed E-state index contributed by atoms with van der Waals surface area (Å²) < 4.78 is 34.0. The number of alkyl halides is 3. The summed E-state index contributed by atoms with van der Waals surface area (Å²) in [5.74, 6) is -1.85. The van der Waals surface area contributed by atoms with Gasteiger partial charge in [0.05, 0.1) is 22.2 Å². The Morgan fingerprint density at radius 1 is 1.03 bits per heavy atom. The number of anilines is 1. The number of rotatable bonds is 3. The first kappa shape index (κ1) is 26.7. The first-order valence-electron chi connectivity index (χ1n) is 11.9. The first-order chi connectivity index (χ1) is 18.6. The van der Waals surface area contributed by atoms with E-state index in [1.807, 2.05) is 48.5 Å². The molecular weight excluding hydrogens is 555 g/mol. The van der Waals surface area contributed by atoms with Gasteiger partial charge in [0.25, 0.3) is 5.56 Å². The number of hydrogen-bond acceptors (Lipinski definition) is 6. The quantitative estimate of drug-likeness (QED) is 0.263. The number of aromatic amines is 1. The fourth-order valence-electron chi connectivity index (χ4n) is 4.24. The summed E-state index contributed by atoms with van der Waals surface area (Å²) in [5, 5.41) is 7.81. The Bertz CT molecular complexity index is 1710. The highest BCUT2D eigenvalue weighted by Crippen LogP contribution is 2.32. The molecule has 4 heterocycles. The highest BCUT2D eigenvalue weighted by atomic mass is 35.5. The van der Waals surface area contributed by atoms with Crippen molar-refractivity contribution >= 4 is 56.1 Å². The monoisotopic (exact) mass is 575 g/mol. The van der Waals surface area contributed by atoms with Crippen molar-refractivity contribution in [2.24, 2.45) is 0 Å². The van der Waals surface area contributed by atoms with Crippen LogP contribution in [0.4, 0.5) is 19.1 Å². The number of aromatic nitrogens is 4. The largest absolute Gasteiger partial charge is 0.490 e. The van der Waals surface area contributed by atoms with Gasteiger partial charge in [-0.05, 0) is 61.2 Å². The normalized spacial score (nSPS) is 13.9. The minimum absolute atomic E-state index is 0.0738. The number of carboxylic acid groups (broad SMARTS) is 1. The molecule has 1 aliphatic rings. The van der Waals surface area contributed by atoms with Gasteiger partial charge in [-0.3, -0.25) is 9.36 Å². The molecular formula is C26H21ClF3N5O3S. The van der Waals surface area contributed by atoms with Gasteiger partial charge < -0.3 is 15.0 Å². The van der Waals surface area contributed by atoms with Gasteiger partial charge in [0.2, 0.25) is 5.95 Å². The molecule has 39 heavy (non-hydrogen) atoms. The maximum absolute atomic E-state index is 13.3. The van der Waals surface area contributed by atoms with Crippen molar-refractivity contribution in [1.82, 2.24) is 19.5 Å². The lowest BCUT2D eigenvalue weighted by Gasteiger charge is -2.25. The molecule has 8 nitrogen and oxygen atoms in total. The molecule has 0 radical (unpaired) electrons. The van der Waals surface area contributed by atoms with Crippen LogP contribution in [0.1, 0.15) is 19.3 Å². The second kappa shape index (κ2) is 10.7. The molecule has 202 valence electrons. The van der Waals surface area contributed by atoms with Crippen LogP contribution in [0.15, 0.2) is 59.7 Å². The number of aliphatic carboxylic acids is 1. The van der Waals surface area contributed by atoms with Crippen molar-refractivity contribution in [2.45, 2.75) is 25.4 Å². The van der Waals surface area contributed by atoms with Crippen molar-refractivity contribution < 1.29 is 23.1 Å². The Balaban J connectivity index is 0.000000392. The summed E-state index contributed by atoms with van der Waals surface area (Å²) in [4.78, 5) is 38.2. The van der Waals surface area contributed by atoms with Crippen LogP contribution in [0.2, 0.25) is 5.02 Å². The number of hydrogen-bond donors (Lipinski definition) is 2. The molecule has 0 saturated carbocycles. The lowest BCUT2D eigenvalue weighted by atomic mass is 10.1. The summed E-state index contributed by atoms with van der Waals surface area (Å²) in [5.41, 5.74) is 4.24. The maximum Gasteiger partial charge on any atom is 0.490 e. The summed E-state index contributed by atoms with van der Waals surface area (Å²) in [6.07, 6.45) is 0.193. The van der Waals surface area contributed by atoms with Crippen molar-refractivity contribution in [3.8, 4) is 16.1 Å². The zero-order valence-corrected chi connectivity index (χ0v) is 21.8. The molecule has 6 rings (SSSR count). The summed E-state index contributed by atoms with van der Waals surface area (Å²) in [6, 6.07) is 15.4. The molecule has 1 aliphatic heterocycles. The van der Waals surface area contributed by atoms with Crippen molar-refractivity contribution in [2.75, 3.05) is 18.0 Å². The lowest BCUT2D eigenvalue weighted by molar-refractivity contribution is -0.192. The Labute approximate surface area is 228 Å². The van der Waals surface area contributed by atoms with E-state index in [0.29, 0.717) is 15.2 Å². The molecule has 0 unspecified atom stereocenters. The van der Waals surface area contributed by atoms with Gasteiger partial charge >= 0.3 is 12.1 Å². The third-order valence-corrected chi connectivity index (χ3v) is 7.61. The molecule has 1 saturated heterocycles. The fourth-order valence-corrected chi connectivity index (χ4v) is 5.41. The van der Waals surface area contributed by atoms with Crippen molar-refractivity contribution in [3.05, 3.63) is 70.2 Å². The van der Waals surface area contributed by atoms with E-state index in [1.165, 1.54) is 30.6 Å². The Kier molecular flexibility index (Phi) is 7.32. The zero-order valence-electron chi connectivity index (χ0n) is 20.2. The number of nitrogens with one attached hydrogen (secondary N) is 1. The molecule has 0 aliphatic carbocycles. The number of fused-ring (bicyclic) bond motifs is 2. The van der Waals surface area contributed by atoms with Crippen LogP contribution in [0, 0.1) is 0 Å². The minimum atomic E-state index is -5.08. The summed E-state index contributed by atoms with van der Waals surface area (Å²) in [6.45, 7) is 2.06. The number of piperidine rings is 1. The molecule has 0 spiro atoms. The number of thiophene rings is 1. The van der Waals surface area contributed by atoms with Gasteiger partial charge in [0.1, 0.15) is 11.0 Å². The molecule has 0 atom stereocenters. The topological polar surface area (TPSA) is 104 Å². The van der Waals surface area contributed by atoms with Crippen LogP contribution in [0.25, 0.3) is 37.4 Å². The van der Waals surface area contributed by atoms with Crippen LogP contribution in [-0.2, 0) is 4.79 Å². The SMILES string of the molecule is O=C(O)C(F)(F)F.O=c1c2sc(-c3ccc(Cl)cc3)cc2ncn1-c1ccc2nc(N3CCCCC3)[nH]c2c1. The first-order valence-corrected chi connectivity index (χ1v) is 13.1. The van der Waals surface area contributed by atoms with Crippen LogP contribution in [0.3, 0.4) is 0 Å². The van der Waals surface area contributed by atoms with Gasteiger partial charge in [-0.1, -0.05) is 23.7 Å². The van der Waals surface area contributed by atoms with E-state index in [4.69, 9.17) is 26.5 Å². The number of nitrogens with zero attached hydrogens (tertiary/aromatic N) is 4. The van der Waals surface area contributed by atoms with E-state index in [9.17, 15) is 18.0 Å². The highest BCUT2D eigenvalue weighted by molar-refractivity contribution is 7.22. The number of imidazole rings is 1. The third kappa shape index (κ3) is 5.76. The smallest absolute Gasteiger partial charge is 0.475 e. The van der Waals surface area contributed by atoms with Crippen molar-refractivity contribution in [3.63, 3.8) is 0 Å². The van der Waals surface area contributed by atoms with Gasteiger partial charge in [0.15, 0.2) is 0 Å². The fraction of sp³-hybridized carbons (Fsp3) is 0.231. The number of halogens is 4. The number of carbonyl (C=O) groups is 1. The van der Waals surface area contributed by atoms with E-state index >= 15 is 0 Å². The van der Waals surface area contributed by atoms with Gasteiger partial charge in [-0.2, -0.15) is 13.2 Å². The van der Waals surface area contributed by atoms with E-state index in [0.717, 1.165) is 46.2 Å². The summed E-state index contributed by atoms with van der Waals surface area (Å²) in [7, 11) is 0. The second-order valence-corrected chi connectivity index (χ2v) is 10.4. The van der Waals surface area contributed by atoms with Crippen molar-refractivity contribution in [1.29, 1.82) is 0 Å². The standard InChI is InChI=1S/C24H20ClN5OS.C2HF3O2/c25-16-6-4-15(5-7-16)21-13-20-22(32-21)23(31)30(14-26-20)17-8-9-18-19(12-17)28-24(27-18)29-10-2-1-3-11-29;3-2(4,5)1(6)7/h4-9,12-14H,1-3,10-11H2,(H,27,28);(H,6,7). The number of carboxylic acids is 1. The average Bonchev–Trinajstić information content (AvgIpc) is 3.54. The van der Waals surface area contributed by atoms with E-state index < -0.39 is 12.1 Å². The Morgan fingerprint density at radius 2 is 1.72 bits per heavy atom.